The van der Waals surface area contributed by atoms with Gasteiger partial charge in [-0.25, -0.2) is 15.0 Å². The van der Waals surface area contributed by atoms with E-state index in [9.17, 15) is 0 Å². The van der Waals surface area contributed by atoms with E-state index >= 15 is 0 Å². The number of hydrogen-bond donors (Lipinski definition) is 0. The molecular formula is C24H18N4S. The zero-order valence-electron chi connectivity index (χ0n) is 15.6. The number of fused-ring (bicyclic) bond motifs is 1. The lowest BCUT2D eigenvalue weighted by Gasteiger charge is -2.08. The fourth-order valence-electron chi connectivity index (χ4n) is 3.30. The van der Waals surface area contributed by atoms with Crippen LogP contribution in [0.5, 0.6) is 0 Å². The first-order valence-electron chi connectivity index (χ1n) is 9.42. The fourth-order valence-corrected chi connectivity index (χ4v) is 4.21. The minimum absolute atomic E-state index is 0.706. The predicted octanol–water partition coefficient (Wildman–Crippen LogP) is 5.69. The molecule has 2 heterocycles. The summed E-state index contributed by atoms with van der Waals surface area (Å²) >= 11 is 1.65. The molecule has 0 saturated heterocycles. The van der Waals surface area contributed by atoms with Gasteiger partial charge >= 0.3 is 0 Å². The molecule has 3 aromatic carbocycles. The first-order valence-corrected chi connectivity index (χ1v) is 10.2. The summed E-state index contributed by atoms with van der Waals surface area (Å²) < 4.78 is 2.18. The summed E-state index contributed by atoms with van der Waals surface area (Å²) in [6, 6.07) is 30.9. The molecule has 5 rings (SSSR count). The van der Waals surface area contributed by atoms with Crippen LogP contribution in [0.1, 0.15) is 5.56 Å². The Hall–Kier alpha value is -3.44. The van der Waals surface area contributed by atoms with E-state index < -0.39 is 0 Å². The van der Waals surface area contributed by atoms with Crippen molar-refractivity contribution in [2.75, 3.05) is 0 Å². The molecule has 0 N–H and O–H groups in total. The Morgan fingerprint density at radius 1 is 0.724 bits per heavy atom. The number of imidazole rings is 1. The van der Waals surface area contributed by atoms with Gasteiger partial charge in [-0.2, -0.15) is 0 Å². The Morgan fingerprint density at radius 3 is 2.10 bits per heavy atom. The van der Waals surface area contributed by atoms with Gasteiger partial charge in [-0.3, -0.25) is 4.57 Å². The van der Waals surface area contributed by atoms with Gasteiger partial charge in [0.05, 0.1) is 6.54 Å². The van der Waals surface area contributed by atoms with E-state index in [1.807, 2.05) is 42.5 Å². The first-order chi connectivity index (χ1) is 14.4. The maximum atomic E-state index is 4.98. The van der Waals surface area contributed by atoms with Gasteiger partial charge in [0.1, 0.15) is 17.5 Å². The van der Waals surface area contributed by atoms with Crippen molar-refractivity contribution in [3.8, 4) is 11.3 Å². The van der Waals surface area contributed by atoms with Crippen LogP contribution in [0.15, 0.2) is 107 Å². The van der Waals surface area contributed by atoms with E-state index in [4.69, 9.17) is 4.98 Å². The summed E-state index contributed by atoms with van der Waals surface area (Å²) in [5.41, 5.74) is 4.79. The Labute approximate surface area is 173 Å². The summed E-state index contributed by atoms with van der Waals surface area (Å²) in [5.74, 6) is 0. The second kappa shape index (κ2) is 7.89. The zero-order valence-corrected chi connectivity index (χ0v) is 16.5. The SMILES string of the molecule is c1ccc(Cn2c(Sc3ccccc3)nc3c(-c4ccccc4)ncnc32)cc1. The molecule has 0 atom stereocenters. The highest BCUT2D eigenvalue weighted by Gasteiger charge is 2.18. The molecule has 0 aliphatic carbocycles. The van der Waals surface area contributed by atoms with Crippen LogP contribution in [-0.4, -0.2) is 19.5 Å². The van der Waals surface area contributed by atoms with Gasteiger partial charge < -0.3 is 0 Å². The second-order valence-electron chi connectivity index (χ2n) is 6.64. The third-order valence-corrected chi connectivity index (χ3v) is 5.68. The molecule has 0 aliphatic rings. The summed E-state index contributed by atoms with van der Waals surface area (Å²) in [4.78, 5) is 15.3. The maximum Gasteiger partial charge on any atom is 0.175 e. The van der Waals surface area contributed by atoms with Crippen molar-refractivity contribution in [3.63, 3.8) is 0 Å². The Balaban J connectivity index is 1.68. The predicted molar refractivity (Wildman–Crippen MR) is 117 cm³/mol. The van der Waals surface area contributed by atoms with Gasteiger partial charge in [0.15, 0.2) is 10.8 Å². The number of nitrogens with zero attached hydrogens (tertiary/aromatic N) is 4. The summed E-state index contributed by atoms with van der Waals surface area (Å²) in [7, 11) is 0. The molecule has 0 radical (unpaired) electrons. The van der Waals surface area contributed by atoms with Gasteiger partial charge in [0.25, 0.3) is 0 Å². The molecule has 0 saturated carbocycles. The summed E-state index contributed by atoms with van der Waals surface area (Å²) in [6.45, 7) is 0.706. The van der Waals surface area contributed by atoms with Crippen molar-refractivity contribution in [2.24, 2.45) is 0 Å². The lowest BCUT2D eigenvalue weighted by Crippen LogP contribution is -2.02. The monoisotopic (exact) mass is 394 g/mol. The van der Waals surface area contributed by atoms with Gasteiger partial charge in [-0.15, -0.1) is 0 Å². The van der Waals surface area contributed by atoms with Crippen LogP contribution in [-0.2, 0) is 6.54 Å². The zero-order chi connectivity index (χ0) is 19.5. The van der Waals surface area contributed by atoms with Crippen LogP contribution in [0.25, 0.3) is 22.4 Å². The summed E-state index contributed by atoms with van der Waals surface area (Å²) in [6.07, 6.45) is 1.63. The average Bonchev–Trinajstić information content (AvgIpc) is 3.13. The topological polar surface area (TPSA) is 43.6 Å². The van der Waals surface area contributed by atoms with Crippen molar-refractivity contribution in [2.45, 2.75) is 16.6 Å². The van der Waals surface area contributed by atoms with Crippen molar-refractivity contribution in [1.29, 1.82) is 0 Å². The second-order valence-corrected chi connectivity index (χ2v) is 7.68. The van der Waals surface area contributed by atoms with Gasteiger partial charge in [-0.1, -0.05) is 90.6 Å². The smallest absolute Gasteiger partial charge is 0.175 e. The van der Waals surface area contributed by atoms with Crippen LogP contribution < -0.4 is 0 Å². The lowest BCUT2D eigenvalue weighted by atomic mass is 10.1. The molecule has 2 aromatic heterocycles. The highest BCUT2D eigenvalue weighted by molar-refractivity contribution is 7.99. The van der Waals surface area contributed by atoms with Crippen LogP contribution >= 0.6 is 11.8 Å². The third kappa shape index (κ3) is 3.65. The van der Waals surface area contributed by atoms with Crippen molar-refractivity contribution in [3.05, 3.63) is 103 Å². The minimum atomic E-state index is 0.706. The maximum absolute atomic E-state index is 4.98. The highest BCUT2D eigenvalue weighted by Crippen LogP contribution is 2.33. The van der Waals surface area contributed by atoms with Crippen LogP contribution in [0.3, 0.4) is 0 Å². The quantitative estimate of drug-likeness (QED) is 0.384. The Kier molecular flexibility index (Phi) is 4.80. The number of rotatable bonds is 5. The summed E-state index contributed by atoms with van der Waals surface area (Å²) in [5, 5.41) is 0.910. The number of benzene rings is 3. The third-order valence-electron chi connectivity index (χ3n) is 4.68. The van der Waals surface area contributed by atoms with E-state index in [0.29, 0.717) is 6.54 Å². The molecule has 0 unspecified atom stereocenters. The van der Waals surface area contributed by atoms with Crippen molar-refractivity contribution in [1.82, 2.24) is 19.5 Å². The van der Waals surface area contributed by atoms with E-state index in [2.05, 4.69) is 63.1 Å². The lowest BCUT2D eigenvalue weighted by molar-refractivity contribution is 0.723. The van der Waals surface area contributed by atoms with E-state index in [1.165, 1.54) is 5.56 Å². The molecule has 0 bridgehead atoms. The molecule has 140 valence electrons. The normalized spacial score (nSPS) is 11.0. The molecule has 4 nitrogen and oxygen atoms in total. The Morgan fingerprint density at radius 2 is 1.38 bits per heavy atom. The van der Waals surface area contributed by atoms with Gasteiger partial charge in [-0.05, 0) is 17.7 Å². The standard InChI is InChI=1S/C24H18N4S/c1-4-10-18(11-5-1)16-28-23-22(27-24(28)29-20-14-8-3-9-15-20)21(25-17-26-23)19-12-6-2-7-13-19/h1-15,17H,16H2. The van der Waals surface area contributed by atoms with Crippen LogP contribution in [0.2, 0.25) is 0 Å². The van der Waals surface area contributed by atoms with Crippen LogP contribution in [0.4, 0.5) is 0 Å². The first kappa shape index (κ1) is 17.6. The number of aromatic nitrogens is 4. The van der Waals surface area contributed by atoms with Crippen molar-refractivity contribution < 1.29 is 0 Å². The van der Waals surface area contributed by atoms with Crippen LogP contribution in [0, 0.1) is 0 Å². The average molecular weight is 395 g/mol. The molecule has 29 heavy (non-hydrogen) atoms. The van der Waals surface area contributed by atoms with Gasteiger partial charge in [0.2, 0.25) is 0 Å². The molecule has 0 fully saturated rings. The van der Waals surface area contributed by atoms with E-state index in [-0.39, 0.29) is 0 Å². The van der Waals surface area contributed by atoms with Gasteiger partial charge in [0, 0.05) is 10.5 Å². The van der Waals surface area contributed by atoms with E-state index in [0.717, 1.165) is 32.5 Å². The molecule has 0 aliphatic heterocycles. The van der Waals surface area contributed by atoms with E-state index in [1.54, 1.807) is 18.1 Å². The Bertz CT molecular complexity index is 1240. The highest BCUT2D eigenvalue weighted by atomic mass is 32.2. The van der Waals surface area contributed by atoms with Crippen molar-refractivity contribution >= 4 is 22.9 Å². The molecule has 0 amide bonds. The molecule has 5 aromatic rings. The molecule has 5 heteroatoms. The number of hydrogen-bond acceptors (Lipinski definition) is 4. The minimum Gasteiger partial charge on any atom is -0.299 e. The molecular weight excluding hydrogens is 376 g/mol. The molecule has 0 spiro atoms. The largest absolute Gasteiger partial charge is 0.299 e. The fraction of sp³-hybridized carbons (Fsp3) is 0.0417.